The van der Waals surface area contributed by atoms with Crippen molar-refractivity contribution >= 4 is 5.97 Å². The Labute approximate surface area is 144 Å². The van der Waals surface area contributed by atoms with Crippen LogP contribution in [0.15, 0.2) is 24.7 Å². The lowest BCUT2D eigenvalue weighted by Gasteiger charge is -2.11. The number of nitrogens with zero attached hydrogens (tertiary/aromatic N) is 4. The third kappa shape index (κ3) is 7.09. The number of aromatic nitrogens is 4. The summed E-state index contributed by atoms with van der Waals surface area (Å²) in [6.07, 6.45) is 0.0269. The second kappa shape index (κ2) is 8.65. The first kappa shape index (κ1) is 21.4. The highest BCUT2D eigenvalue weighted by atomic mass is 19.4. The monoisotopic (exact) mass is 381 g/mol. The zero-order valence-electron chi connectivity index (χ0n) is 13.5. The molecular formula is C14H16F5N5O2. The van der Waals surface area contributed by atoms with Gasteiger partial charge in [-0.1, -0.05) is 5.21 Å². The van der Waals surface area contributed by atoms with E-state index in [4.69, 9.17) is 15.6 Å². The molecule has 0 bridgehead atoms. The summed E-state index contributed by atoms with van der Waals surface area (Å²) in [5, 5.41) is 15.0. The van der Waals surface area contributed by atoms with E-state index in [1.54, 1.807) is 17.1 Å². The first-order valence-electron chi connectivity index (χ1n) is 7.15. The molecule has 0 spiro atoms. The number of hydrogen-bond acceptors (Lipinski definition) is 5. The zero-order chi connectivity index (χ0) is 20.0. The summed E-state index contributed by atoms with van der Waals surface area (Å²) in [4.78, 5) is 12.7. The van der Waals surface area contributed by atoms with Crippen molar-refractivity contribution in [2.45, 2.75) is 32.0 Å². The number of carboxylic acids is 1. The Bertz CT molecular complexity index is 727. The first-order valence-corrected chi connectivity index (χ1v) is 7.15. The summed E-state index contributed by atoms with van der Waals surface area (Å²) < 4.78 is 59.7. The van der Waals surface area contributed by atoms with Crippen LogP contribution in [-0.4, -0.2) is 43.8 Å². The van der Waals surface area contributed by atoms with E-state index in [0.717, 1.165) is 12.6 Å². The predicted octanol–water partition coefficient (Wildman–Crippen LogP) is 1.97. The van der Waals surface area contributed by atoms with Crippen LogP contribution in [0, 0.1) is 0 Å². The molecule has 0 aliphatic rings. The van der Waals surface area contributed by atoms with Gasteiger partial charge in [0.1, 0.15) is 0 Å². The zero-order valence-corrected chi connectivity index (χ0v) is 13.5. The van der Waals surface area contributed by atoms with Crippen LogP contribution in [0.5, 0.6) is 0 Å². The molecule has 0 aliphatic heterocycles. The van der Waals surface area contributed by atoms with E-state index >= 15 is 0 Å². The van der Waals surface area contributed by atoms with Gasteiger partial charge in [-0.05, 0) is 18.2 Å². The van der Waals surface area contributed by atoms with Gasteiger partial charge >= 0.3 is 12.1 Å². The Morgan fingerprint density at radius 1 is 1.27 bits per heavy atom. The molecule has 12 heteroatoms. The molecule has 7 nitrogen and oxygen atoms in total. The normalized spacial score (nSPS) is 11.7. The van der Waals surface area contributed by atoms with Crippen LogP contribution in [0.25, 0.3) is 0 Å². The van der Waals surface area contributed by atoms with Gasteiger partial charge in [0.05, 0.1) is 12.2 Å². The molecule has 0 atom stereocenters. The summed E-state index contributed by atoms with van der Waals surface area (Å²) in [5.74, 6) is -5.65. The van der Waals surface area contributed by atoms with Gasteiger partial charge in [-0.2, -0.15) is 13.2 Å². The SMILES string of the molecule is CC(F)(F)c1cncc(Cn2cc(CCN)nn2)c1.O=C(O)C(F)(F)F. The van der Waals surface area contributed by atoms with E-state index in [1.807, 2.05) is 0 Å². The fourth-order valence-corrected chi connectivity index (χ4v) is 1.68. The maximum Gasteiger partial charge on any atom is 0.490 e. The maximum atomic E-state index is 13.2. The molecule has 2 aromatic rings. The highest BCUT2D eigenvalue weighted by molar-refractivity contribution is 5.73. The Morgan fingerprint density at radius 2 is 1.88 bits per heavy atom. The van der Waals surface area contributed by atoms with Crippen LogP contribution in [-0.2, 0) is 23.7 Å². The van der Waals surface area contributed by atoms with Crippen molar-refractivity contribution in [3.05, 3.63) is 41.5 Å². The molecule has 0 saturated carbocycles. The number of halogens is 5. The third-order valence-electron chi connectivity index (χ3n) is 2.88. The molecule has 0 unspecified atom stereocenters. The molecule has 0 amide bonds. The molecule has 0 fully saturated rings. The number of aliphatic carboxylic acids is 1. The van der Waals surface area contributed by atoms with E-state index in [2.05, 4.69) is 15.3 Å². The van der Waals surface area contributed by atoms with Crippen molar-refractivity contribution in [2.75, 3.05) is 6.54 Å². The number of pyridine rings is 1. The molecule has 0 saturated heterocycles. The predicted molar refractivity (Wildman–Crippen MR) is 79.4 cm³/mol. The molecule has 3 N–H and O–H groups in total. The fraction of sp³-hybridized carbons (Fsp3) is 0.429. The molecule has 2 aromatic heterocycles. The Balaban J connectivity index is 0.000000412. The van der Waals surface area contributed by atoms with Crippen molar-refractivity contribution in [2.24, 2.45) is 5.73 Å². The topological polar surface area (TPSA) is 107 Å². The van der Waals surface area contributed by atoms with Gasteiger partial charge in [0.15, 0.2) is 0 Å². The number of hydrogen-bond donors (Lipinski definition) is 2. The minimum absolute atomic E-state index is 0.104. The van der Waals surface area contributed by atoms with Gasteiger partial charge in [0, 0.05) is 37.5 Å². The highest BCUT2D eigenvalue weighted by Crippen LogP contribution is 2.26. The number of carboxylic acid groups (broad SMARTS) is 1. The summed E-state index contributed by atoms with van der Waals surface area (Å²) in [6, 6.07) is 1.43. The van der Waals surface area contributed by atoms with Crippen LogP contribution in [0.3, 0.4) is 0 Å². The first-order chi connectivity index (χ1) is 11.9. The van der Waals surface area contributed by atoms with Gasteiger partial charge in [-0.25, -0.2) is 18.3 Å². The summed E-state index contributed by atoms with van der Waals surface area (Å²) in [7, 11) is 0. The van der Waals surface area contributed by atoms with Crippen LogP contribution in [0.2, 0.25) is 0 Å². The minimum Gasteiger partial charge on any atom is -0.475 e. The average Bonchev–Trinajstić information content (AvgIpc) is 2.94. The molecule has 0 aliphatic carbocycles. The maximum absolute atomic E-state index is 13.2. The summed E-state index contributed by atoms with van der Waals surface area (Å²) >= 11 is 0. The molecule has 2 rings (SSSR count). The van der Waals surface area contributed by atoms with Crippen LogP contribution < -0.4 is 5.73 Å². The molecule has 26 heavy (non-hydrogen) atoms. The van der Waals surface area contributed by atoms with E-state index in [0.29, 0.717) is 25.1 Å². The van der Waals surface area contributed by atoms with Crippen LogP contribution >= 0.6 is 0 Å². The fourth-order valence-electron chi connectivity index (χ4n) is 1.68. The minimum atomic E-state index is -5.08. The van der Waals surface area contributed by atoms with E-state index in [-0.39, 0.29) is 5.56 Å². The second-order valence-electron chi connectivity index (χ2n) is 5.22. The second-order valence-corrected chi connectivity index (χ2v) is 5.22. The Kier molecular flexibility index (Phi) is 7.12. The van der Waals surface area contributed by atoms with Gasteiger partial charge in [0.25, 0.3) is 5.92 Å². The average molecular weight is 381 g/mol. The summed E-state index contributed by atoms with van der Waals surface area (Å²) in [5.41, 5.74) is 6.76. The van der Waals surface area contributed by atoms with Crippen molar-refractivity contribution in [1.82, 2.24) is 20.0 Å². The highest BCUT2D eigenvalue weighted by Gasteiger charge is 2.38. The molecule has 0 radical (unpaired) electrons. The molecule has 144 valence electrons. The van der Waals surface area contributed by atoms with Crippen LogP contribution in [0.4, 0.5) is 22.0 Å². The van der Waals surface area contributed by atoms with Crippen molar-refractivity contribution in [1.29, 1.82) is 0 Å². The number of nitrogens with two attached hydrogens (primary N) is 1. The molecular weight excluding hydrogens is 365 g/mol. The van der Waals surface area contributed by atoms with Crippen molar-refractivity contribution in [3.8, 4) is 0 Å². The standard InChI is InChI=1S/C12H15F2N5.C2HF3O2/c1-12(13,14)10-4-9(5-16-6-10)7-19-8-11(2-3-15)17-18-19;3-2(4,5)1(6)7/h4-6,8H,2-3,7,15H2,1H3;(H,6,7). The Hall–Kier alpha value is -2.63. The Morgan fingerprint density at radius 3 is 2.38 bits per heavy atom. The number of alkyl halides is 5. The van der Waals surface area contributed by atoms with E-state index in [1.165, 1.54) is 12.3 Å². The van der Waals surface area contributed by atoms with Gasteiger partial charge in [0.2, 0.25) is 0 Å². The van der Waals surface area contributed by atoms with Gasteiger partial charge in [-0.3, -0.25) is 4.98 Å². The van der Waals surface area contributed by atoms with Crippen molar-refractivity contribution in [3.63, 3.8) is 0 Å². The lowest BCUT2D eigenvalue weighted by atomic mass is 10.1. The number of carbonyl (C=O) groups is 1. The largest absolute Gasteiger partial charge is 0.490 e. The number of rotatable bonds is 5. The smallest absolute Gasteiger partial charge is 0.475 e. The molecule has 0 aromatic carbocycles. The summed E-state index contributed by atoms with van der Waals surface area (Å²) in [6.45, 7) is 1.70. The van der Waals surface area contributed by atoms with Gasteiger partial charge < -0.3 is 10.8 Å². The van der Waals surface area contributed by atoms with E-state index < -0.39 is 18.1 Å². The molecule has 2 heterocycles. The quantitative estimate of drug-likeness (QED) is 0.767. The van der Waals surface area contributed by atoms with Gasteiger partial charge in [-0.15, -0.1) is 5.10 Å². The third-order valence-corrected chi connectivity index (χ3v) is 2.88. The lowest BCUT2D eigenvalue weighted by Crippen LogP contribution is -2.21. The lowest BCUT2D eigenvalue weighted by molar-refractivity contribution is -0.192. The van der Waals surface area contributed by atoms with E-state index in [9.17, 15) is 22.0 Å². The van der Waals surface area contributed by atoms with Crippen molar-refractivity contribution < 1.29 is 31.9 Å². The van der Waals surface area contributed by atoms with Crippen LogP contribution in [0.1, 0.15) is 23.7 Å².